The van der Waals surface area contributed by atoms with Crippen LogP contribution in [0.3, 0.4) is 0 Å². The van der Waals surface area contributed by atoms with Gasteiger partial charge in [0.05, 0.1) is 12.3 Å². The van der Waals surface area contributed by atoms with Crippen molar-refractivity contribution >= 4 is 27.7 Å². The summed E-state index contributed by atoms with van der Waals surface area (Å²) in [5.41, 5.74) is 0. The standard InChI is InChI=1S/C9H19N3O3S2/c1-17(14,15)12-4-2-3-11-9(13)8-7-16-6-5-10-8/h8,10,12H,2-7H2,1H3,(H,11,13). The lowest BCUT2D eigenvalue weighted by molar-refractivity contribution is -0.122. The summed E-state index contributed by atoms with van der Waals surface area (Å²) >= 11 is 1.76. The topological polar surface area (TPSA) is 87.3 Å². The molecule has 0 bridgehead atoms. The van der Waals surface area contributed by atoms with Crippen molar-refractivity contribution in [1.29, 1.82) is 0 Å². The summed E-state index contributed by atoms with van der Waals surface area (Å²) < 4.78 is 23.9. The molecule has 1 aliphatic heterocycles. The third-order valence-corrected chi connectivity index (χ3v) is 4.05. The van der Waals surface area contributed by atoms with Crippen LogP contribution in [0, 0.1) is 0 Å². The molecule has 1 fully saturated rings. The van der Waals surface area contributed by atoms with E-state index < -0.39 is 10.0 Å². The number of carbonyl (C=O) groups excluding carboxylic acids is 1. The highest BCUT2D eigenvalue weighted by Gasteiger charge is 2.19. The highest BCUT2D eigenvalue weighted by atomic mass is 32.2. The third kappa shape index (κ3) is 6.87. The summed E-state index contributed by atoms with van der Waals surface area (Å²) in [5, 5.41) is 5.93. The van der Waals surface area contributed by atoms with Gasteiger partial charge in [0.25, 0.3) is 0 Å². The molecular formula is C9H19N3O3S2. The van der Waals surface area contributed by atoms with Crippen molar-refractivity contribution in [3.05, 3.63) is 0 Å². The van der Waals surface area contributed by atoms with Crippen molar-refractivity contribution in [3.8, 4) is 0 Å². The largest absolute Gasteiger partial charge is 0.355 e. The van der Waals surface area contributed by atoms with Crippen LogP contribution < -0.4 is 15.4 Å². The monoisotopic (exact) mass is 281 g/mol. The molecule has 17 heavy (non-hydrogen) atoms. The molecule has 1 rings (SSSR count). The fourth-order valence-corrected chi connectivity index (χ4v) is 2.86. The highest BCUT2D eigenvalue weighted by Crippen LogP contribution is 2.07. The smallest absolute Gasteiger partial charge is 0.237 e. The van der Waals surface area contributed by atoms with E-state index in [0.29, 0.717) is 19.5 Å². The van der Waals surface area contributed by atoms with E-state index in [4.69, 9.17) is 0 Å². The number of hydrogen-bond donors (Lipinski definition) is 3. The van der Waals surface area contributed by atoms with Crippen LogP contribution in [0.15, 0.2) is 0 Å². The number of carbonyl (C=O) groups is 1. The Kier molecular flexibility index (Phi) is 6.24. The van der Waals surface area contributed by atoms with Gasteiger partial charge in [-0.25, -0.2) is 13.1 Å². The minimum atomic E-state index is -3.12. The van der Waals surface area contributed by atoms with Gasteiger partial charge in [0, 0.05) is 31.1 Å². The second-order valence-electron chi connectivity index (χ2n) is 3.89. The number of nitrogens with one attached hydrogen (secondary N) is 3. The van der Waals surface area contributed by atoms with Gasteiger partial charge >= 0.3 is 0 Å². The summed E-state index contributed by atoms with van der Waals surface area (Å²) in [6, 6.07) is -0.114. The van der Waals surface area contributed by atoms with Crippen LogP contribution in [-0.4, -0.2) is 57.8 Å². The summed E-state index contributed by atoms with van der Waals surface area (Å²) in [5.74, 6) is 1.84. The van der Waals surface area contributed by atoms with E-state index in [9.17, 15) is 13.2 Å². The van der Waals surface area contributed by atoms with E-state index in [-0.39, 0.29) is 11.9 Å². The Morgan fingerprint density at radius 1 is 1.47 bits per heavy atom. The summed E-state index contributed by atoms with van der Waals surface area (Å²) in [7, 11) is -3.12. The molecule has 0 saturated carbocycles. The van der Waals surface area contributed by atoms with E-state index in [0.717, 1.165) is 24.3 Å². The zero-order valence-corrected chi connectivity index (χ0v) is 11.5. The molecule has 0 aromatic carbocycles. The lowest BCUT2D eigenvalue weighted by atomic mass is 10.3. The number of rotatable bonds is 6. The second-order valence-corrected chi connectivity index (χ2v) is 6.88. The molecule has 8 heteroatoms. The first kappa shape index (κ1) is 14.7. The Hall–Kier alpha value is -0.310. The van der Waals surface area contributed by atoms with Gasteiger partial charge in [-0.2, -0.15) is 11.8 Å². The van der Waals surface area contributed by atoms with Crippen molar-refractivity contribution in [1.82, 2.24) is 15.4 Å². The molecule has 0 aromatic heterocycles. The molecular weight excluding hydrogens is 262 g/mol. The van der Waals surface area contributed by atoms with Crippen molar-refractivity contribution in [2.24, 2.45) is 0 Å². The van der Waals surface area contributed by atoms with Crippen LogP contribution in [0.5, 0.6) is 0 Å². The van der Waals surface area contributed by atoms with Gasteiger partial charge in [0.15, 0.2) is 0 Å². The number of hydrogen-bond acceptors (Lipinski definition) is 5. The first-order valence-electron chi connectivity index (χ1n) is 5.52. The van der Waals surface area contributed by atoms with E-state index in [1.54, 1.807) is 11.8 Å². The molecule has 1 heterocycles. The Balaban J connectivity index is 2.07. The highest BCUT2D eigenvalue weighted by molar-refractivity contribution is 7.99. The van der Waals surface area contributed by atoms with E-state index >= 15 is 0 Å². The van der Waals surface area contributed by atoms with Crippen LogP contribution in [-0.2, 0) is 14.8 Å². The first-order chi connectivity index (χ1) is 7.99. The maximum atomic E-state index is 11.6. The SMILES string of the molecule is CS(=O)(=O)NCCCNC(=O)C1CSCCN1. The summed E-state index contributed by atoms with van der Waals surface area (Å²) in [4.78, 5) is 11.6. The van der Waals surface area contributed by atoms with Crippen LogP contribution in [0.4, 0.5) is 0 Å². The quantitative estimate of drug-likeness (QED) is 0.529. The molecule has 0 spiro atoms. The van der Waals surface area contributed by atoms with Crippen LogP contribution in [0.2, 0.25) is 0 Å². The fraction of sp³-hybridized carbons (Fsp3) is 0.889. The maximum Gasteiger partial charge on any atom is 0.237 e. The van der Waals surface area contributed by atoms with Gasteiger partial charge in [-0.15, -0.1) is 0 Å². The maximum absolute atomic E-state index is 11.6. The second kappa shape index (κ2) is 7.20. The Morgan fingerprint density at radius 3 is 2.82 bits per heavy atom. The van der Waals surface area contributed by atoms with Crippen LogP contribution in [0.1, 0.15) is 6.42 Å². The lowest BCUT2D eigenvalue weighted by Gasteiger charge is -2.22. The van der Waals surface area contributed by atoms with E-state index in [1.807, 2.05) is 0 Å². The molecule has 1 amide bonds. The molecule has 0 aromatic rings. The van der Waals surface area contributed by atoms with Crippen LogP contribution in [0.25, 0.3) is 0 Å². The Morgan fingerprint density at radius 2 is 2.24 bits per heavy atom. The molecule has 3 N–H and O–H groups in total. The zero-order valence-electron chi connectivity index (χ0n) is 9.86. The van der Waals surface area contributed by atoms with Gasteiger partial charge in [0.2, 0.25) is 15.9 Å². The molecule has 1 aliphatic rings. The van der Waals surface area contributed by atoms with Crippen molar-refractivity contribution in [2.75, 3.05) is 37.4 Å². The van der Waals surface area contributed by atoms with Crippen LogP contribution >= 0.6 is 11.8 Å². The zero-order chi connectivity index (χ0) is 12.7. The van der Waals surface area contributed by atoms with Gasteiger partial charge < -0.3 is 10.6 Å². The normalized spacial score (nSPS) is 21.1. The fourth-order valence-electron chi connectivity index (χ4n) is 1.41. The first-order valence-corrected chi connectivity index (χ1v) is 8.57. The van der Waals surface area contributed by atoms with Crippen molar-refractivity contribution in [3.63, 3.8) is 0 Å². The van der Waals surface area contributed by atoms with Gasteiger partial charge in [0.1, 0.15) is 0 Å². The Labute approximate surface area is 106 Å². The van der Waals surface area contributed by atoms with Gasteiger partial charge in [-0.3, -0.25) is 4.79 Å². The van der Waals surface area contributed by atoms with Gasteiger partial charge in [-0.1, -0.05) is 0 Å². The minimum absolute atomic E-state index is 0.00319. The molecule has 1 atom stereocenters. The molecule has 1 unspecified atom stereocenters. The van der Waals surface area contributed by atoms with E-state index in [1.165, 1.54) is 0 Å². The summed E-state index contributed by atoms with van der Waals surface area (Å²) in [6.07, 6.45) is 1.72. The predicted octanol–water partition coefficient (Wildman–Crippen LogP) is -1.25. The average molecular weight is 281 g/mol. The lowest BCUT2D eigenvalue weighted by Crippen LogP contribution is -2.49. The van der Waals surface area contributed by atoms with Crippen molar-refractivity contribution in [2.45, 2.75) is 12.5 Å². The third-order valence-electron chi connectivity index (χ3n) is 2.26. The minimum Gasteiger partial charge on any atom is -0.355 e. The Bertz CT molecular complexity index is 339. The number of thioether (sulfide) groups is 1. The molecule has 0 radical (unpaired) electrons. The predicted molar refractivity (Wildman–Crippen MR) is 69.6 cm³/mol. The average Bonchev–Trinajstić information content (AvgIpc) is 2.28. The molecule has 6 nitrogen and oxygen atoms in total. The number of amides is 1. The number of sulfonamides is 1. The van der Waals surface area contributed by atoms with E-state index in [2.05, 4.69) is 15.4 Å². The molecule has 0 aliphatic carbocycles. The molecule has 1 saturated heterocycles. The molecule has 100 valence electrons. The van der Waals surface area contributed by atoms with Gasteiger partial charge in [-0.05, 0) is 6.42 Å². The summed E-state index contributed by atoms with van der Waals surface area (Å²) in [6.45, 7) is 1.70. The van der Waals surface area contributed by atoms with Crippen molar-refractivity contribution < 1.29 is 13.2 Å².